The maximum Gasteiger partial charge on any atom is 0.138 e. The summed E-state index contributed by atoms with van der Waals surface area (Å²) in [6.07, 6.45) is 4.42. The quantitative estimate of drug-likeness (QED) is 0.832. The first-order valence-electron chi connectivity index (χ1n) is 8.69. The molecule has 1 aromatic rings. The second-order valence-electron chi connectivity index (χ2n) is 7.32. The molecule has 0 radical (unpaired) electrons. The van der Waals surface area contributed by atoms with Gasteiger partial charge in [0.2, 0.25) is 0 Å². The molecule has 5 nitrogen and oxygen atoms in total. The summed E-state index contributed by atoms with van der Waals surface area (Å²) < 4.78 is 11.4. The van der Waals surface area contributed by atoms with Gasteiger partial charge in [-0.05, 0) is 39.0 Å². The fourth-order valence-corrected chi connectivity index (χ4v) is 3.83. The molecular formula is C17H27N3O2. The van der Waals surface area contributed by atoms with Crippen molar-refractivity contribution in [3.63, 3.8) is 0 Å². The lowest BCUT2D eigenvalue weighted by molar-refractivity contribution is 0.0508. The molecule has 2 saturated heterocycles. The minimum Gasteiger partial charge on any atom is -0.377 e. The third-order valence-electron chi connectivity index (χ3n) is 5.49. The molecule has 3 aliphatic rings. The summed E-state index contributed by atoms with van der Waals surface area (Å²) in [5.41, 5.74) is 2.31. The van der Waals surface area contributed by atoms with Crippen LogP contribution in [0.25, 0.3) is 0 Å². The van der Waals surface area contributed by atoms with Crippen LogP contribution >= 0.6 is 0 Å². The Morgan fingerprint density at radius 2 is 2.09 bits per heavy atom. The van der Waals surface area contributed by atoms with Gasteiger partial charge in [0.25, 0.3) is 0 Å². The average Bonchev–Trinajstić information content (AvgIpc) is 3.18. The number of aromatic nitrogens is 1. The first kappa shape index (κ1) is 14.7. The Bertz CT molecular complexity index is 506. The molecule has 5 heteroatoms. The van der Waals surface area contributed by atoms with Crippen molar-refractivity contribution < 1.29 is 9.26 Å². The van der Waals surface area contributed by atoms with E-state index in [1.54, 1.807) is 0 Å². The van der Waals surface area contributed by atoms with E-state index in [0.29, 0.717) is 12.1 Å². The maximum absolute atomic E-state index is 6.11. The first-order valence-corrected chi connectivity index (χ1v) is 8.69. The molecule has 3 fully saturated rings. The Morgan fingerprint density at radius 3 is 2.82 bits per heavy atom. The van der Waals surface area contributed by atoms with Crippen molar-refractivity contribution in [2.75, 3.05) is 32.8 Å². The lowest BCUT2D eigenvalue weighted by atomic mass is 10.1. The van der Waals surface area contributed by atoms with Crippen molar-refractivity contribution in [2.24, 2.45) is 5.92 Å². The molecular weight excluding hydrogens is 278 g/mol. The van der Waals surface area contributed by atoms with Crippen LogP contribution in [0.3, 0.4) is 0 Å². The number of ether oxygens (including phenoxy) is 1. The maximum atomic E-state index is 6.11. The highest BCUT2D eigenvalue weighted by Gasteiger charge is 2.37. The van der Waals surface area contributed by atoms with Crippen molar-refractivity contribution in [1.82, 2.24) is 15.0 Å². The largest absolute Gasteiger partial charge is 0.377 e. The predicted octanol–water partition coefficient (Wildman–Crippen LogP) is 1.98. The highest BCUT2D eigenvalue weighted by molar-refractivity contribution is 5.20. The van der Waals surface area contributed by atoms with Crippen LogP contribution in [-0.4, -0.2) is 59.9 Å². The van der Waals surface area contributed by atoms with E-state index in [1.807, 2.05) is 13.8 Å². The highest BCUT2D eigenvalue weighted by Crippen LogP contribution is 2.31. The molecule has 0 N–H and O–H groups in total. The third kappa shape index (κ3) is 3.07. The van der Waals surface area contributed by atoms with E-state index in [-0.39, 0.29) is 0 Å². The summed E-state index contributed by atoms with van der Waals surface area (Å²) in [6, 6.07) is 0.665. The molecule has 4 rings (SSSR count). The van der Waals surface area contributed by atoms with Crippen molar-refractivity contribution in [3.8, 4) is 0 Å². The normalized spacial score (nSPS) is 29.9. The Labute approximate surface area is 132 Å². The number of rotatable bonds is 5. The minimum atomic E-state index is 0.463. The second kappa shape index (κ2) is 5.95. The van der Waals surface area contributed by atoms with Gasteiger partial charge in [-0.3, -0.25) is 9.80 Å². The second-order valence-corrected chi connectivity index (χ2v) is 7.32. The van der Waals surface area contributed by atoms with Gasteiger partial charge in [-0.15, -0.1) is 0 Å². The topological polar surface area (TPSA) is 41.7 Å². The smallest absolute Gasteiger partial charge is 0.138 e. The highest BCUT2D eigenvalue weighted by atomic mass is 16.5. The summed E-state index contributed by atoms with van der Waals surface area (Å²) in [6.45, 7) is 10.6. The molecule has 0 amide bonds. The van der Waals surface area contributed by atoms with Gasteiger partial charge >= 0.3 is 0 Å². The summed E-state index contributed by atoms with van der Waals surface area (Å²) in [5, 5.41) is 4.07. The van der Waals surface area contributed by atoms with E-state index < -0.39 is 0 Å². The van der Waals surface area contributed by atoms with Gasteiger partial charge in [0.15, 0.2) is 0 Å². The molecule has 0 bridgehead atoms. The minimum absolute atomic E-state index is 0.463. The van der Waals surface area contributed by atoms with Gasteiger partial charge in [0.1, 0.15) is 5.76 Å². The number of piperazine rings is 1. The number of hydrogen-bond acceptors (Lipinski definition) is 5. The predicted molar refractivity (Wildman–Crippen MR) is 83.7 cm³/mol. The standard InChI is InChI=1S/C17H27N3O2/c1-12-17(13(2)22-18-12)10-19-5-6-20-9-16(7-15(20)8-19)21-11-14-3-4-14/h14-16H,3-11H2,1-2H3/t15-,16+/m0/s1. The van der Waals surface area contributed by atoms with Crippen LogP contribution in [0.2, 0.25) is 0 Å². The van der Waals surface area contributed by atoms with Crippen molar-refractivity contribution in [3.05, 3.63) is 17.0 Å². The van der Waals surface area contributed by atoms with E-state index in [1.165, 1.54) is 24.8 Å². The van der Waals surface area contributed by atoms with Crippen LogP contribution < -0.4 is 0 Å². The Hall–Kier alpha value is -0.910. The summed E-state index contributed by atoms with van der Waals surface area (Å²) in [7, 11) is 0. The van der Waals surface area contributed by atoms with Gasteiger partial charge < -0.3 is 9.26 Å². The summed E-state index contributed by atoms with van der Waals surface area (Å²) >= 11 is 0. The van der Waals surface area contributed by atoms with Gasteiger partial charge in [0.05, 0.1) is 11.8 Å². The summed E-state index contributed by atoms with van der Waals surface area (Å²) in [5.74, 6) is 1.84. The Morgan fingerprint density at radius 1 is 1.23 bits per heavy atom. The number of fused-ring (bicyclic) bond motifs is 1. The first-order chi connectivity index (χ1) is 10.7. The molecule has 0 spiro atoms. The SMILES string of the molecule is Cc1noc(C)c1CN1CCN2C[C@H](OCC3CC3)C[C@H]2C1. The zero-order valence-electron chi connectivity index (χ0n) is 13.8. The molecule has 3 heterocycles. The van der Waals surface area contributed by atoms with Crippen LogP contribution in [0.1, 0.15) is 36.3 Å². The van der Waals surface area contributed by atoms with Crippen LogP contribution in [0.5, 0.6) is 0 Å². The molecule has 1 aromatic heterocycles. The molecule has 0 unspecified atom stereocenters. The molecule has 22 heavy (non-hydrogen) atoms. The molecule has 0 aromatic carbocycles. The van der Waals surface area contributed by atoms with Crippen LogP contribution in [0, 0.1) is 19.8 Å². The third-order valence-corrected chi connectivity index (χ3v) is 5.49. The van der Waals surface area contributed by atoms with Crippen molar-refractivity contribution >= 4 is 0 Å². The van der Waals surface area contributed by atoms with Gasteiger partial charge in [-0.1, -0.05) is 5.16 Å². The summed E-state index contributed by atoms with van der Waals surface area (Å²) in [4.78, 5) is 5.18. The van der Waals surface area contributed by atoms with E-state index in [2.05, 4.69) is 15.0 Å². The Balaban J connectivity index is 1.31. The molecule has 1 aliphatic carbocycles. The van der Waals surface area contributed by atoms with E-state index in [0.717, 1.165) is 56.7 Å². The van der Waals surface area contributed by atoms with Crippen LogP contribution in [-0.2, 0) is 11.3 Å². The van der Waals surface area contributed by atoms with Gasteiger partial charge in [0, 0.05) is 50.9 Å². The number of nitrogens with zero attached hydrogens (tertiary/aromatic N) is 3. The Kier molecular flexibility index (Phi) is 3.96. The lowest BCUT2D eigenvalue weighted by Gasteiger charge is -2.37. The zero-order chi connectivity index (χ0) is 15.1. The fourth-order valence-electron chi connectivity index (χ4n) is 3.83. The molecule has 2 aliphatic heterocycles. The number of aryl methyl sites for hydroxylation is 2. The zero-order valence-corrected chi connectivity index (χ0v) is 13.8. The van der Waals surface area contributed by atoms with E-state index in [9.17, 15) is 0 Å². The molecule has 2 atom stereocenters. The molecule has 122 valence electrons. The van der Waals surface area contributed by atoms with Crippen molar-refractivity contribution in [2.45, 2.75) is 51.8 Å². The van der Waals surface area contributed by atoms with Crippen LogP contribution in [0.4, 0.5) is 0 Å². The molecule has 1 saturated carbocycles. The lowest BCUT2D eigenvalue weighted by Crippen LogP contribution is -2.49. The van der Waals surface area contributed by atoms with E-state index >= 15 is 0 Å². The van der Waals surface area contributed by atoms with Gasteiger partial charge in [-0.2, -0.15) is 0 Å². The van der Waals surface area contributed by atoms with Gasteiger partial charge in [-0.25, -0.2) is 0 Å². The van der Waals surface area contributed by atoms with Crippen LogP contribution in [0.15, 0.2) is 4.52 Å². The number of hydrogen-bond donors (Lipinski definition) is 0. The van der Waals surface area contributed by atoms with E-state index in [4.69, 9.17) is 9.26 Å². The average molecular weight is 305 g/mol. The monoisotopic (exact) mass is 305 g/mol. The fraction of sp³-hybridized carbons (Fsp3) is 0.824. The van der Waals surface area contributed by atoms with Crippen molar-refractivity contribution in [1.29, 1.82) is 0 Å².